The Hall–Kier alpha value is -0.0800. The Balaban J connectivity index is 1.82. The van der Waals surface area contributed by atoms with Gasteiger partial charge in [0.2, 0.25) is 0 Å². The minimum atomic E-state index is 0.628. The number of hydrogen-bond acceptors (Lipinski definition) is 2. The molecule has 1 heterocycles. The molecule has 0 radical (unpaired) electrons. The van der Waals surface area contributed by atoms with Gasteiger partial charge in [0.25, 0.3) is 0 Å². The van der Waals surface area contributed by atoms with Crippen LogP contribution in [0.1, 0.15) is 45.4 Å². The van der Waals surface area contributed by atoms with E-state index in [0.717, 1.165) is 0 Å². The molecule has 2 fully saturated rings. The van der Waals surface area contributed by atoms with E-state index in [-0.39, 0.29) is 0 Å². The molecule has 1 aliphatic heterocycles. The number of nitrogens with zero attached hydrogens (tertiary/aromatic N) is 1. The maximum atomic E-state index is 3.49. The Morgan fingerprint density at radius 1 is 1.00 bits per heavy atom. The Bertz CT molecular complexity index is 177. The summed E-state index contributed by atoms with van der Waals surface area (Å²) in [4.78, 5) is 2.69. The van der Waals surface area contributed by atoms with E-state index in [1.165, 1.54) is 71.2 Å². The summed E-state index contributed by atoms with van der Waals surface area (Å²) in [6.07, 6.45) is 8.63. The molecule has 0 amide bonds. The molecule has 88 valence electrons. The van der Waals surface area contributed by atoms with Gasteiger partial charge in [0.05, 0.1) is 0 Å². The van der Waals surface area contributed by atoms with Crippen LogP contribution in [0.25, 0.3) is 0 Å². The van der Waals surface area contributed by atoms with E-state index < -0.39 is 0 Å². The number of hydrogen-bond donors (Lipinski definition) is 1. The zero-order valence-electron chi connectivity index (χ0n) is 10.2. The fourth-order valence-electron chi connectivity index (χ4n) is 3.16. The lowest BCUT2D eigenvalue weighted by atomic mass is 9.75. The Morgan fingerprint density at radius 2 is 1.80 bits per heavy atom. The predicted molar refractivity (Wildman–Crippen MR) is 65.1 cm³/mol. The third-order valence-corrected chi connectivity index (χ3v) is 4.10. The van der Waals surface area contributed by atoms with Crippen molar-refractivity contribution >= 4 is 0 Å². The van der Waals surface area contributed by atoms with Gasteiger partial charge in [0, 0.05) is 19.6 Å². The third-order valence-electron chi connectivity index (χ3n) is 4.10. The highest BCUT2D eigenvalue weighted by molar-refractivity contribution is 4.82. The lowest BCUT2D eigenvalue weighted by molar-refractivity contribution is 0.126. The van der Waals surface area contributed by atoms with Gasteiger partial charge in [-0.1, -0.05) is 26.2 Å². The molecule has 0 aromatic carbocycles. The highest BCUT2D eigenvalue weighted by atomic mass is 15.2. The van der Waals surface area contributed by atoms with Gasteiger partial charge in [0.15, 0.2) is 0 Å². The minimum absolute atomic E-state index is 0.628. The SMILES string of the molecule is CC1(CN2CCCNCC2)CCCCC1. The van der Waals surface area contributed by atoms with Gasteiger partial charge >= 0.3 is 0 Å². The molecule has 0 aromatic rings. The van der Waals surface area contributed by atoms with E-state index in [4.69, 9.17) is 0 Å². The molecule has 2 rings (SSSR count). The van der Waals surface area contributed by atoms with Crippen LogP contribution in [0, 0.1) is 5.41 Å². The first-order valence-electron chi connectivity index (χ1n) is 6.72. The molecule has 1 saturated heterocycles. The van der Waals surface area contributed by atoms with Crippen LogP contribution in [0.2, 0.25) is 0 Å². The Morgan fingerprint density at radius 3 is 2.60 bits per heavy atom. The maximum absolute atomic E-state index is 3.49. The molecule has 0 unspecified atom stereocenters. The van der Waals surface area contributed by atoms with Crippen molar-refractivity contribution in [2.45, 2.75) is 45.4 Å². The summed E-state index contributed by atoms with van der Waals surface area (Å²) in [5.41, 5.74) is 0.628. The molecular formula is C13H26N2. The first-order chi connectivity index (χ1) is 7.29. The first kappa shape index (κ1) is 11.4. The van der Waals surface area contributed by atoms with Crippen molar-refractivity contribution in [1.82, 2.24) is 10.2 Å². The van der Waals surface area contributed by atoms with Crippen molar-refractivity contribution in [2.75, 3.05) is 32.7 Å². The number of rotatable bonds is 2. The Labute approximate surface area is 94.4 Å². The van der Waals surface area contributed by atoms with Crippen molar-refractivity contribution < 1.29 is 0 Å². The summed E-state index contributed by atoms with van der Waals surface area (Å²) >= 11 is 0. The van der Waals surface area contributed by atoms with E-state index >= 15 is 0 Å². The van der Waals surface area contributed by atoms with E-state index in [1.54, 1.807) is 0 Å². The normalized spacial score (nSPS) is 28.6. The van der Waals surface area contributed by atoms with E-state index in [0.29, 0.717) is 5.41 Å². The van der Waals surface area contributed by atoms with Crippen molar-refractivity contribution in [3.63, 3.8) is 0 Å². The monoisotopic (exact) mass is 210 g/mol. The zero-order chi connectivity index (χ0) is 10.6. The molecule has 0 bridgehead atoms. The first-order valence-corrected chi connectivity index (χ1v) is 6.72. The van der Waals surface area contributed by atoms with Crippen molar-refractivity contribution in [3.8, 4) is 0 Å². The average molecular weight is 210 g/mol. The molecule has 0 spiro atoms. The fraction of sp³-hybridized carbons (Fsp3) is 1.00. The second-order valence-corrected chi connectivity index (χ2v) is 5.75. The van der Waals surface area contributed by atoms with Crippen molar-refractivity contribution in [2.24, 2.45) is 5.41 Å². The molecule has 2 aliphatic rings. The van der Waals surface area contributed by atoms with Crippen LogP contribution < -0.4 is 5.32 Å². The van der Waals surface area contributed by atoms with Gasteiger partial charge in [-0.25, -0.2) is 0 Å². The lowest BCUT2D eigenvalue weighted by Gasteiger charge is -2.38. The van der Waals surface area contributed by atoms with Gasteiger partial charge < -0.3 is 10.2 Å². The highest BCUT2D eigenvalue weighted by Crippen LogP contribution is 2.36. The molecular weight excluding hydrogens is 184 g/mol. The summed E-state index contributed by atoms with van der Waals surface area (Å²) in [5, 5.41) is 3.49. The summed E-state index contributed by atoms with van der Waals surface area (Å²) < 4.78 is 0. The second kappa shape index (κ2) is 5.31. The topological polar surface area (TPSA) is 15.3 Å². The van der Waals surface area contributed by atoms with E-state index in [9.17, 15) is 0 Å². The van der Waals surface area contributed by atoms with Crippen LogP contribution in [0.4, 0.5) is 0 Å². The van der Waals surface area contributed by atoms with E-state index in [2.05, 4.69) is 17.1 Å². The second-order valence-electron chi connectivity index (χ2n) is 5.75. The molecule has 1 N–H and O–H groups in total. The molecule has 2 nitrogen and oxygen atoms in total. The molecule has 1 saturated carbocycles. The minimum Gasteiger partial charge on any atom is -0.315 e. The summed E-state index contributed by atoms with van der Waals surface area (Å²) in [5.74, 6) is 0. The van der Waals surface area contributed by atoms with Gasteiger partial charge in [-0.15, -0.1) is 0 Å². The molecule has 0 atom stereocenters. The maximum Gasteiger partial charge on any atom is 0.0107 e. The average Bonchev–Trinajstić information content (AvgIpc) is 2.47. The standard InChI is InChI=1S/C13H26N2/c1-13(6-3-2-4-7-13)12-15-10-5-8-14-9-11-15/h14H,2-12H2,1H3. The molecule has 0 aromatic heterocycles. The molecule has 2 heteroatoms. The quantitative estimate of drug-likeness (QED) is 0.752. The third kappa shape index (κ3) is 3.46. The van der Waals surface area contributed by atoms with Crippen LogP contribution in [-0.2, 0) is 0 Å². The van der Waals surface area contributed by atoms with Gasteiger partial charge in [0.1, 0.15) is 0 Å². The van der Waals surface area contributed by atoms with Gasteiger partial charge in [-0.05, 0) is 37.8 Å². The van der Waals surface area contributed by atoms with Crippen LogP contribution in [0.15, 0.2) is 0 Å². The summed E-state index contributed by atoms with van der Waals surface area (Å²) in [7, 11) is 0. The Kier molecular flexibility index (Phi) is 4.04. The number of nitrogens with one attached hydrogen (secondary N) is 1. The van der Waals surface area contributed by atoms with Crippen molar-refractivity contribution in [3.05, 3.63) is 0 Å². The smallest absolute Gasteiger partial charge is 0.0107 e. The fourth-order valence-corrected chi connectivity index (χ4v) is 3.16. The largest absolute Gasteiger partial charge is 0.315 e. The highest BCUT2D eigenvalue weighted by Gasteiger charge is 2.28. The summed E-state index contributed by atoms with van der Waals surface area (Å²) in [6.45, 7) is 8.82. The van der Waals surface area contributed by atoms with Gasteiger partial charge in [-0.2, -0.15) is 0 Å². The van der Waals surface area contributed by atoms with Crippen molar-refractivity contribution in [1.29, 1.82) is 0 Å². The summed E-state index contributed by atoms with van der Waals surface area (Å²) in [6, 6.07) is 0. The van der Waals surface area contributed by atoms with Crippen LogP contribution in [-0.4, -0.2) is 37.6 Å². The molecule has 1 aliphatic carbocycles. The predicted octanol–water partition coefficient (Wildman–Crippen LogP) is 2.25. The van der Waals surface area contributed by atoms with Crippen LogP contribution in [0.3, 0.4) is 0 Å². The zero-order valence-corrected chi connectivity index (χ0v) is 10.2. The lowest BCUT2D eigenvalue weighted by Crippen LogP contribution is -2.39. The van der Waals surface area contributed by atoms with Crippen LogP contribution >= 0.6 is 0 Å². The van der Waals surface area contributed by atoms with Crippen LogP contribution in [0.5, 0.6) is 0 Å². The molecule has 15 heavy (non-hydrogen) atoms. The van der Waals surface area contributed by atoms with E-state index in [1.807, 2.05) is 0 Å². The van der Waals surface area contributed by atoms with Gasteiger partial charge in [-0.3, -0.25) is 0 Å².